The third-order valence-electron chi connectivity index (χ3n) is 5.34. The van der Waals surface area contributed by atoms with Gasteiger partial charge in [-0.25, -0.2) is 0 Å². The number of hydrogen-bond donors (Lipinski definition) is 2. The van der Waals surface area contributed by atoms with Gasteiger partial charge in [0.1, 0.15) is 5.75 Å². The number of nitrogens with one attached hydrogen (secondary N) is 1. The van der Waals surface area contributed by atoms with E-state index in [1.165, 1.54) is 25.3 Å². The summed E-state index contributed by atoms with van der Waals surface area (Å²) in [6, 6.07) is 12.5. The Bertz CT molecular complexity index is 1190. The van der Waals surface area contributed by atoms with Gasteiger partial charge in [0.25, 0.3) is 0 Å². The van der Waals surface area contributed by atoms with E-state index in [2.05, 4.69) is 25.9 Å². The van der Waals surface area contributed by atoms with Crippen LogP contribution < -0.4 is 10.3 Å². The quantitative estimate of drug-likeness (QED) is 0.389. The lowest BCUT2D eigenvalue weighted by Gasteiger charge is -2.31. The molecule has 2 unspecified atom stereocenters. The Balaban J connectivity index is 2.01. The van der Waals surface area contributed by atoms with Gasteiger partial charge < -0.3 is 14.8 Å². The van der Waals surface area contributed by atoms with Crippen LogP contribution in [0.5, 0.6) is 5.75 Å². The van der Waals surface area contributed by atoms with Crippen molar-refractivity contribution < 1.29 is 23.0 Å². The predicted molar refractivity (Wildman–Crippen MR) is 122 cm³/mol. The minimum absolute atomic E-state index is 0.204. The standard InChI is InChI=1S/C23H22BrF3N2O3/c1-3-14(16-8-7-15(24)11-20(16)32-2)12-22(31,23(25,26)27)13-28-18-5-4-6-19-17(18)9-10-21(30)29-19/h4-11,13-14,31H,3,12H2,1-2H3,(H,29,30). The average Bonchev–Trinajstić information content (AvgIpc) is 2.75. The van der Waals surface area contributed by atoms with Crippen LogP contribution >= 0.6 is 15.9 Å². The summed E-state index contributed by atoms with van der Waals surface area (Å²) in [4.78, 5) is 18.1. The molecule has 0 aliphatic carbocycles. The van der Waals surface area contributed by atoms with Gasteiger partial charge in [-0.3, -0.25) is 9.79 Å². The van der Waals surface area contributed by atoms with Crippen molar-refractivity contribution in [3.05, 3.63) is 68.9 Å². The molecule has 0 saturated carbocycles. The van der Waals surface area contributed by atoms with Gasteiger partial charge in [-0.1, -0.05) is 35.0 Å². The van der Waals surface area contributed by atoms with Gasteiger partial charge in [-0.15, -0.1) is 0 Å². The Kier molecular flexibility index (Phi) is 7.09. The number of fused-ring (bicyclic) bond motifs is 1. The van der Waals surface area contributed by atoms with E-state index in [4.69, 9.17) is 4.74 Å². The van der Waals surface area contributed by atoms with Crippen molar-refractivity contribution in [1.29, 1.82) is 0 Å². The predicted octanol–water partition coefficient (Wildman–Crippen LogP) is 5.88. The van der Waals surface area contributed by atoms with Gasteiger partial charge in [-0.2, -0.15) is 13.2 Å². The maximum Gasteiger partial charge on any atom is 0.422 e. The largest absolute Gasteiger partial charge is 0.496 e. The fraction of sp³-hybridized carbons (Fsp3) is 0.304. The number of aromatic nitrogens is 1. The molecule has 0 radical (unpaired) electrons. The summed E-state index contributed by atoms with van der Waals surface area (Å²) < 4.78 is 48.1. The van der Waals surface area contributed by atoms with Crippen molar-refractivity contribution in [3.63, 3.8) is 0 Å². The summed E-state index contributed by atoms with van der Waals surface area (Å²) >= 11 is 3.32. The van der Waals surface area contributed by atoms with Gasteiger partial charge in [0, 0.05) is 22.1 Å². The third-order valence-corrected chi connectivity index (χ3v) is 5.83. The lowest BCUT2D eigenvalue weighted by molar-refractivity contribution is -0.232. The maximum absolute atomic E-state index is 14.0. The number of benzene rings is 2. The number of H-pyrrole nitrogens is 1. The molecule has 0 fully saturated rings. The van der Waals surface area contributed by atoms with Crippen LogP contribution in [0.15, 0.2) is 62.8 Å². The Morgan fingerprint density at radius 2 is 1.97 bits per heavy atom. The lowest BCUT2D eigenvalue weighted by atomic mass is 9.84. The summed E-state index contributed by atoms with van der Waals surface area (Å²) in [7, 11) is 1.44. The molecule has 9 heteroatoms. The summed E-state index contributed by atoms with van der Waals surface area (Å²) in [6.45, 7) is 1.75. The number of alkyl halides is 3. The molecule has 1 aromatic heterocycles. The van der Waals surface area contributed by atoms with Crippen molar-refractivity contribution in [1.82, 2.24) is 4.98 Å². The number of nitrogens with zero attached hydrogens (tertiary/aromatic N) is 1. The summed E-state index contributed by atoms with van der Waals surface area (Å²) in [5.41, 5.74) is -2.29. The van der Waals surface area contributed by atoms with Crippen LogP contribution in [-0.2, 0) is 0 Å². The minimum atomic E-state index is -4.95. The first-order valence-corrected chi connectivity index (χ1v) is 10.7. The molecule has 0 bridgehead atoms. The van der Waals surface area contributed by atoms with E-state index in [-0.39, 0.29) is 11.2 Å². The first-order chi connectivity index (χ1) is 15.1. The molecular weight excluding hydrogens is 489 g/mol. The second kappa shape index (κ2) is 9.46. The van der Waals surface area contributed by atoms with E-state index in [0.717, 1.165) is 4.47 Å². The molecular formula is C23H22BrF3N2O3. The average molecular weight is 511 g/mol. The number of halogens is 4. The monoisotopic (exact) mass is 510 g/mol. The molecule has 0 spiro atoms. The van der Waals surface area contributed by atoms with E-state index in [1.807, 2.05) is 0 Å². The van der Waals surface area contributed by atoms with Crippen molar-refractivity contribution in [2.75, 3.05) is 7.11 Å². The van der Waals surface area contributed by atoms with Gasteiger partial charge in [0.15, 0.2) is 5.60 Å². The molecule has 1 heterocycles. The van der Waals surface area contributed by atoms with Crippen LogP contribution in [0.1, 0.15) is 31.2 Å². The number of rotatable bonds is 7. The van der Waals surface area contributed by atoms with Crippen LogP contribution in [0.25, 0.3) is 10.9 Å². The SMILES string of the molecule is CCC(CC(O)(C=Nc1cccc2[nH]c(=O)ccc12)C(F)(F)F)c1ccc(Br)cc1OC. The second-order valence-corrected chi connectivity index (χ2v) is 8.35. The molecule has 170 valence electrons. The Morgan fingerprint density at radius 1 is 1.22 bits per heavy atom. The molecule has 32 heavy (non-hydrogen) atoms. The number of aliphatic hydroxyl groups is 1. The van der Waals surface area contributed by atoms with E-state index in [9.17, 15) is 23.1 Å². The molecule has 0 aliphatic heterocycles. The van der Waals surface area contributed by atoms with Crippen LogP contribution in [0.2, 0.25) is 0 Å². The maximum atomic E-state index is 14.0. The van der Waals surface area contributed by atoms with Gasteiger partial charge >= 0.3 is 6.18 Å². The number of aliphatic imine (C=N–C) groups is 1. The molecule has 2 atom stereocenters. The number of hydrogen-bond acceptors (Lipinski definition) is 4. The van der Waals surface area contributed by atoms with Crippen molar-refractivity contribution >= 4 is 38.7 Å². The van der Waals surface area contributed by atoms with E-state index in [1.54, 1.807) is 37.3 Å². The van der Waals surface area contributed by atoms with E-state index < -0.39 is 24.1 Å². The molecule has 2 aromatic carbocycles. The molecule has 2 N–H and O–H groups in total. The topological polar surface area (TPSA) is 74.7 Å². The smallest absolute Gasteiger partial charge is 0.422 e. The molecule has 0 saturated heterocycles. The fourth-order valence-corrected chi connectivity index (χ4v) is 3.91. The molecule has 0 amide bonds. The highest BCUT2D eigenvalue weighted by Gasteiger charge is 2.53. The molecule has 0 aliphatic rings. The zero-order valence-corrected chi connectivity index (χ0v) is 19.0. The number of methoxy groups -OCH3 is 1. The third kappa shape index (κ3) is 5.05. The van der Waals surface area contributed by atoms with Crippen molar-refractivity contribution in [3.8, 4) is 5.75 Å². The first kappa shape index (κ1) is 24.0. The summed E-state index contributed by atoms with van der Waals surface area (Å²) in [5, 5.41) is 11.2. The lowest BCUT2D eigenvalue weighted by Crippen LogP contribution is -2.47. The normalized spacial score (nSPS) is 15.1. The van der Waals surface area contributed by atoms with Crippen molar-refractivity contribution in [2.24, 2.45) is 4.99 Å². The van der Waals surface area contributed by atoms with Gasteiger partial charge in [0.05, 0.1) is 18.3 Å². The fourth-order valence-electron chi connectivity index (χ4n) is 3.57. The van der Waals surface area contributed by atoms with E-state index in [0.29, 0.717) is 34.9 Å². The molecule has 3 rings (SSSR count). The number of pyridine rings is 1. The van der Waals surface area contributed by atoms with Gasteiger partial charge in [0.2, 0.25) is 5.56 Å². The first-order valence-electron chi connectivity index (χ1n) is 9.88. The highest BCUT2D eigenvalue weighted by molar-refractivity contribution is 9.10. The Labute approximate surface area is 191 Å². The minimum Gasteiger partial charge on any atom is -0.496 e. The van der Waals surface area contributed by atoms with Crippen LogP contribution in [0.3, 0.4) is 0 Å². The van der Waals surface area contributed by atoms with E-state index >= 15 is 0 Å². The zero-order chi connectivity index (χ0) is 23.5. The summed E-state index contributed by atoms with van der Waals surface area (Å²) in [5.74, 6) is -0.203. The summed E-state index contributed by atoms with van der Waals surface area (Å²) in [6.07, 6.45) is -4.69. The number of ether oxygens (including phenoxy) is 1. The highest BCUT2D eigenvalue weighted by Crippen LogP contribution is 2.42. The van der Waals surface area contributed by atoms with Crippen molar-refractivity contribution in [2.45, 2.75) is 37.5 Å². The zero-order valence-electron chi connectivity index (χ0n) is 17.4. The second-order valence-electron chi connectivity index (χ2n) is 7.44. The molecule has 3 aromatic rings. The Hall–Kier alpha value is -2.65. The van der Waals surface area contributed by atoms with Crippen LogP contribution in [-0.4, -0.2) is 35.2 Å². The van der Waals surface area contributed by atoms with Crippen LogP contribution in [0, 0.1) is 0 Å². The highest BCUT2D eigenvalue weighted by atomic mass is 79.9. The Morgan fingerprint density at radius 3 is 2.62 bits per heavy atom. The van der Waals surface area contributed by atoms with Gasteiger partial charge in [-0.05, 0) is 54.7 Å². The molecule has 5 nitrogen and oxygen atoms in total. The van der Waals surface area contributed by atoms with Crippen LogP contribution in [0.4, 0.5) is 18.9 Å². The number of aromatic amines is 1.